The van der Waals surface area contributed by atoms with Crippen molar-refractivity contribution in [3.05, 3.63) is 22.2 Å². The molecule has 1 aromatic rings. The highest BCUT2D eigenvalue weighted by molar-refractivity contribution is 5.54. The van der Waals surface area contributed by atoms with E-state index in [-0.39, 0.29) is 11.1 Å². The Hall–Kier alpha value is -1.85. The Bertz CT molecular complexity index is 432. The van der Waals surface area contributed by atoms with E-state index in [2.05, 4.69) is 36.4 Å². The van der Waals surface area contributed by atoms with Crippen molar-refractivity contribution in [2.45, 2.75) is 27.2 Å². The van der Waals surface area contributed by atoms with Gasteiger partial charge in [-0.3, -0.25) is 10.1 Å². The standard InChI is InChI=1S/C12H20N4O2/c1-5-12(2,3)8-14-11-7-9(16(17)18)6-10(13-4)15-11/h6-7H,5,8H2,1-4H3,(H2,13,14,15). The van der Waals surface area contributed by atoms with Gasteiger partial charge in [0, 0.05) is 13.6 Å². The van der Waals surface area contributed by atoms with Crippen LogP contribution >= 0.6 is 0 Å². The molecular formula is C12H20N4O2. The van der Waals surface area contributed by atoms with Crippen LogP contribution in [0.4, 0.5) is 17.3 Å². The highest BCUT2D eigenvalue weighted by atomic mass is 16.6. The summed E-state index contributed by atoms with van der Waals surface area (Å²) in [6.07, 6.45) is 1.02. The minimum Gasteiger partial charge on any atom is -0.373 e. The van der Waals surface area contributed by atoms with Crippen molar-refractivity contribution in [2.75, 3.05) is 24.2 Å². The fourth-order valence-corrected chi connectivity index (χ4v) is 1.30. The highest BCUT2D eigenvalue weighted by Gasteiger charge is 2.16. The van der Waals surface area contributed by atoms with Gasteiger partial charge in [0.05, 0.1) is 17.1 Å². The number of hydrogen-bond acceptors (Lipinski definition) is 5. The van der Waals surface area contributed by atoms with Crippen molar-refractivity contribution in [2.24, 2.45) is 5.41 Å². The molecule has 0 saturated heterocycles. The second-order valence-corrected chi connectivity index (χ2v) is 4.97. The van der Waals surface area contributed by atoms with Crippen LogP contribution in [0.3, 0.4) is 0 Å². The van der Waals surface area contributed by atoms with Crippen LogP contribution < -0.4 is 10.6 Å². The molecule has 0 atom stereocenters. The molecule has 0 radical (unpaired) electrons. The zero-order valence-corrected chi connectivity index (χ0v) is 11.3. The van der Waals surface area contributed by atoms with E-state index in [1.807, 2.05) is 0 Å². The molecule has 0 saturated carbocycles. The van der Waals surface area contributed by atoms with Crippen LogP contribution in [0, 0.1) is 15.5 Å². The predicted octanol–water partition coefficient (Wildman–Crippen LogP) is 2.88. The van der Waals surface area contributed by atoms with E-state index >= 15 is 0 Å². The topological polar surface area (TPSA) is 80.1 Å². The molecule has 2 N–H and O–H groups in total. The first-order chi connectivity index (χ1) is 8.38. The summed E-state index contributed by atoms with van der Waals surface area (Å²) in [6, 6.07) is 2.86. The number of hydrogen-bond donors (Lipinski definition) is 2. The van der Waals surface area contributed by atoms with Gasteiger partial charge in [-0.2, -0.15) is 0 Å². The summed E-state index contributed by atoms with van der Waals surface area (Å²) in [5, 5.41) is 16.8. The summed E-state index contributed by atoms with van der Waals surface area (Å²) in [5.74, 6) is 1.01. The third-order valence-electron chi connectivity index (χ3n) is 2.98. The maximum atomic E-state index is 10.8. The maximum Gasteiger partial charge on any atom is 0.276 e. The molecular weight excluding hydrogens is 232 g/mol. The molecule has 0 bridgehead atoms. The van der Waals surface area contributed by atoms with Gasteiger partial charge < -0.3 is 10.6 Å². The summed E-state index contributed by atoms with van der Waals surface area (Å²) < 4.78 is 0. The summed E-state index contributed by atoms with van der Waals surface area (Å²) >= 11 is 0. The Morgan fingerprint density at radius 2 is 2.00 bits per heavy atom. The van der Waals surface area contributed by atoms with Gasteiger partial charge in [0.25, 0.3) is 5.69 Å². The molecule has 1 aromatic heterocycles. The van der Waals surface area contributed by atoms with E-state index in [1.165, 1.54) is 12.1 Å². The van der Waals surface area contributed by atoms with Crippen molar-refractivity contribution < 1.29 is 4.92 Å². The largest absolute Gasteiger partial charge is 0.373 e. The van der Waals surface area contributed by atoms with E-state index in [4.69, 9.17) is 0 Å². The Labute approximate surface area is 107 Å². The molecule has 0 aliphatic carbocycles. The lowest BCUT2D eigenvalue weighted by Crippen LogP contribution is -2.22. The fourth-order valence-electron chi connectivity index (χ4n) is 1.30. The Kier molecular flexibility index (Phi) is 4.47. The van der Waals surface area contributed by atoms with E-state index in [9.17, 15) is 10.1 Å². The minimum atomic E-state index is -0.418. The molecule has 1 heterocycles. The lowest BCUT2D eigenvalue weighted by Gasteiger charge is -2.23. The lowest BCUT2D eigenvalue weighted by atomic mass is 9.90. The molecule has 0 spiro atoms. The van der Waals surface area contributed by atoms with Gasteiger partial charge in [-0.25, -0.2) is 4.98 Å². The average Bonchev–Trinajstić information content (AvgIpc) is 2.36. The first-order valence-electron chi connectivity index (χ1n) is 5.96. The van der Waals surface area contributed by atoms with Crippen molar-refractivity contribution in [1.82, 2.24) is 4.98 Å². The summed E-state index contributed by atoms with van der Waals surface area (Å²) in [4.78, 5) is 14.6. The zero-order valence-electron chi connectivity index (χ0n) is 11.3. The fraction of sp³-hybridized carbons (Fsp3) is 0.583. The average molecular weight is 252 g/mol. The van der Waals surface area contributed by atoms with Crippen molar-refractivity contribution in [3.8, 4) is 0 Å². The normalized spacial score (nSPS) is 11.1. The minimum absolute atomic E-state index is 0.0335. The van der Waals surface area contributed by atoms with Gasteiger partial charge in [-0.1, -0.05) is 20.8 Å². The third-order valence-corrected chi connectivity index (χ3v) is 2.98. The van der Waals surface area contributed by atoms with Gasteiger partial charge in [0.2, 0.25) is 0 Å². The first-order valence-corrected chi connectivity index (χ1v) is 5.96. The maximum absolute atomic E-state index is 10.8. The Balaban J connectivity index is 2.88. The SMILES string of the molecule is CCC(C)(C)CNc1cc([N+](=O)[O-])cc(NC)n1. The Morgan fingerprint density at radius 3 is 2.50 bits per heavy atom. The highest BCUT2D eigenvalue weighted by Crippen LogP contribution is 2.23. The first kappa shape index (κ1) is 14.2. The second kappa shape index (κ2) is 5.66. The predicted molar refractivity (Wildman–Crippen MR) is 73.0 cm³/mol. The van der Waals surface area contributed by atoms with Gasteiger partial charge in [-0.05, 0) is 11.8 Å². The molecule has 1 rings (SSSR count). The quantitative estimate of drug-likeness (QED) is 0.601. The zero-order chi connectivity index (χ0) is 13.8. The molecule has 0 fully saturated rings. The summed E-state index contributed by atoms with van der Waals surface area (Å²) in [7, 11) is 1.69. The van der Waals surface area contributed by atoms with E-state index < -0.39 is 4.92 Å². The van der Waals surface area contributed by atoms with Crippen LogP contribution in [0.25, 0.3) is 0 Å². The number of rotatable bonds is 6. The van der Waals surface area contributed by atoms with Crippen LogP contribution in [-0.4, -0.2) is 23.5 Å². The molecule has 6 nitrogen and oxygen atoms in total. The molecule has 0 amide bonds. The van der Waals surface area contributed by atoms with Crippen LogP contribution in [0.2, 0.25) is 0 Å². The van der Waals surface area contributed by atoms with Gasteiger partial charge >= 0.3 is 0 Å². The molecule has 6 heteroatoms. The summed E-state index contributed by atoms with van der Waals surface area (Å²) in [5.41, 5.74) is 0.165. The molecule has 18 heavy (non-hydrogen) atoms. The van der Waals surface area contributed by atoms with Gasteiger partial charge in [0.15, 0.2) is 0 Å². The second-order valence-electron chi connectivity index (χ2n) is 4.97. The molecule has 0 aromatic carbocycles. The van der Waals surface area contributed by atoms with Crippen molar-refractivity contribution in [3.63, 3.8) is 0 Å². The summed E-state index contributed by atoms with van der Waals surface area (Å²) in [6.45, 7) is 7.11. The van der Waals surface area contributed by atoms with Gasteiger partial charge in [0.1, 0.15) is 11.6 Å². The lowest BCUT2D eigenvalue weighted by molar-refractivity contribution is -0.384. The molecule has 0 aliphatic rings. The van der Waals surface area contributed by atoms with Crippen LogP contribution in [0.5, 0.6) is 0 Å². The molecule has 0 unspecified atom stereocenters. The van der Waals surface area contributed by atoms with Crippen molar-refractivity contribution >= 4 is 17.3 Å². The third kappa shape index (κ3) is 3.87. The number of nitrogens with one attached hydrogen (secondary N) is 2. The van der Waals surface area contributed by atoms with Crippen LogP contribution in [0.1, 0.15) is 27.2 Å². The number of pyridine rings is 1. The van der Waals surface area contributed by atoms with Gasteiger partial charge in [-0.15, -0.1) is 0 Å². The number of anilines is 2. The smallest absolute Gasteiger partial charge is 0.276 e. The van der Waals surface area contributed by atoms with Crippen LogP contribution in [0.15, 0.2) is 12.1 Å². The Morgan fingerprint density at radius 1 is 1.39 bits per heavy atom. The van der Waals surface area contributed by atoms with E-state index in [0.717, 1.165) is 13.0 Å². The number of aromatic nitrogens is 1. The molecule has 0 aliphatic heterocycles. The molecule has 100 valence electrons. The van der Waals surface area contributed by atoms with E-state index in [0.29, 0.717) is 11.6 Å². The van der Waals surface area contributed by atoms with Crippen LogP contribution in [-0.2, 0) is 0 Å². The monoisotopic (exact) mass is 252 g/mol. The van der Waals surface area contributed by atoms with Crippen molar-refractivity contribution in [1.29, 1.82) is 0 Å². The van der Waals surface area contributed by atoms with E-state index in [1.54, 1.807) is 7.05 Å². The number of nitrogens with zero attached hydrogens (tertiary/aromatic N) is 2. The number of nitro groups is 1.